The molecule has 1 rings (SSSR count). The Balaban J connectivity index is 2.64. The van der Waals surface area contributed by atoms with Gasteiger partial charge >= 0.3 is 0 Å². The van der Waals surface area contributed by atoms with Gasteiger partial charge in [0.2, 0.25) is 5.91 Å². The van der Waals surface area contributed by atoms with Crippen LogP contribution in [0.1, 0.15) is 34.8 Å². The molecular weight excluding hydrogens is 268 g/mol. The maximum atomic E-state index is 12.0. The number of carbonyl (C=O) groups excluding carboxylic acids is 2. The molecule has 0 spiro atoms. The van der Waals surface area contributed by atoms with Gasteiger partial charge in [-0.25, -0.2) is 0 Å². The summed E-state index contributed by atoms with van der Waals surface area (Å²) in [6.07, 6.45) is 0.253. The van der Waals surface area contributed by atoms with Gasteiger partial charge in [0.1, 0.15) is 6.61 Å². The Kier molecular flexibility index (Phi) is 6.99. The molecule has 0 bridgehead atoms. The van der Waals surface area contributed by atoms with Crippen molar-refractivity contribution < 1.29 is 14.7 Å². The smallest absolute Gasteiger partial charge is 0.251 e. The summed E-state index contributed by atoms with van der Waals surface area (Å²) in [7, 11) is 0. The minimum atomic E-state index is -0.244. The molecule has 0 aliphatic heterocycles. The van der Waals surface area contributed by atoms with Crippen molar-refractivity contribution in [2.75, 3.05) is 19.7 Å². The highest BCUT2D eigenvalue weighted by molar-refractivity contribution is 5.94. The first-order valence-corrected chi connectivity index (χ1v) is 6.83. The summed E-state index contributed by atoms with van der Waals surface area (Å²) < 4.78 is 0. The number of nitrogens with one attached hydrogen (secondary N) is 2. The predicted molar refractivity (Wildman–Crippen MR) is 80.8 cm³/mol. The number of aliphatic hydroxyl groups is 1. The maximum absolute atomic E-state index is 12.0. The Morgan fingerprint density at radius 3 is 2.71 bits per heavy atom. The van der Waals surface area contributed by atoms with Crippen LogP contribution >= 0.6 is 0 Å². The van der Waals surface area contributed by atoms with Gasteiger partial charge in [-0.2, -0.15) is 0 Å². The quantitative estimate of drug-likeness (QED) is 0.694. The first-order valence-electron chi connectivity index (χ1n) is 6.83. The van der Waals surface area contributed by atoms with Gasteiger partial charge in [0.15, 0.2) is 0 Å². The topological polar surface area (TPSA) is 78.4 Å². The number of aliphatic hydroxyl groups excluding tert-OH is 1. The largest absolute Gasteiger partial charge is 0.384 e. The van der Waals surface area contributed by atoms with Crippen molar-refractivity contribution >= 4 is 11.8 Å². The van der Waals surface area contributed by atoms with Crippen molar-refractivity contribution in [3.8, 4) is 11.8 Å². The van der Waals surface area contributed by atoms with E-state index in [4.69, 9.17) is 5.11 Å². The van der Waals surface area contributed by atoms with Crippen molar-refractivity contribution in [1.82, 2.24) is 10.6 Å². The number of rotatable bonds is 5. The number of hydrogen-bond acceptors (Lipinski definition) is 3. The molecule has 0 saturated carbocycles. The second kappa shape index (κ2) is 8.77. The summed E-state index contributed by atoms with van der Waals surface area (Å²) in [6.45, 7) is 4.38. The van der Waals surface area contributed by atoms with E-state index in [9.17, 15) is 9.59 Å². The SMILES string of the molecule is CCNC(=O)CCNC(=O)c1ccc(C)c(C#CCO)c1. The molecule has 0 radical (unpaired) electrons. The molecule has 0 saturated heterocycles. The summed E-state index contributed by atoms with van der Waals surface area (Å²) in [4.78, 5) is 23.3. The Morgan fingerprint density at radius 2 is 2.05 bits per heavy atom. The van der Waals surface area contributed by atoms with Gasteiger partial charge in [0, 0.05) is 30.6 Å². The molecule has 5 nitrogen and oxygen atoms in total. The van der Waals surface area contributed by atoms with Crippen LogP contribution in [0.25, 0.3) is 0 Å². The number of amides is 2. The van der Waals surface area contributed by atoms with Crippen LogP contribution in [0, 0.1) is 18.8 Å². The minimum absolute atomic E-state index is 0.0868. The molecule has 1 aromatic carbocycles. The van der Waals surface area contributed by atoms with Crippen LogP contribution in [0.4, 0.5) is 0 Å². The molecule has 21 heavy (non-hydrogen) atoms. The van der Waals surface area contributed by atoms with Gasteiger partial charge in [-0.15, -0.1) is 0 Å². The Morgan fingerprint density at radius 1 is 1.29 bits per heavy atom. The van der Waals surface area contributed by atoms with Crippen LogP contribution in [0.5, 0.6) is 0 Å². The van der Waals surface area contributed by atoms with Crippen LogP contribution in [0.15, 0.2) is 18.2 Å². The lowest BCUT2D eigenvalue weighted by molar-refractivity contribution is -0.120. The lowest BCUT2D eigenvalue weighted by Crippen LogP contribution is -2.30. The molecule has 112 valence electrons. The highest BCUT2D eigenvalue weighted by atomic mass is 16.2. The summed E-state index contributed by atoms with van der Waals surface area (Å²) in [5.74, 6) is 5.04. The lowest BCUT2D eigenvalue weighted by atomic mass is 10.0. The van der Waals surface area contributed by atoms with Crippen LogP contribution in [0.3, 0.4) is 0 Å². The monoisotopic (exact) mass is 288 g/mol. The normalized spacial score (nSPS) is 9.48. The second-order valence-electron chi connectivity index (χ2n) is 4.45. The van der Waals surface area contributed by atoms with Gasteiger partial charge < -0.3 is 15.7 Å². The van der Waals surface area contributed by atoms with Crippen LogP contribution in [-0.4, -0.2) is 36.6 Å². The van der Waals surface area contributed by atoms with Gasteiger partial charge in [-0.1, -0.05) is 17.9 Å². The van der Waals surface area contributed by atoms with Crippen molar-refractivity contribution in [3.63, 3.8) is 0 Å². The van der Waals surface area contributed by atoms with E-state index >= 15 is 0 Å². The molecule has 0 atom stereocenters. The molecule has 0 fully saturated rings. The van der Waals surface area contributed by atoms with Crippen molar-refractivity contribution in [3.05, 3.63) is 34.9 Å². The zero-order valence-corrected chi connectivity index (χ0v) is 12.3. The molecule has 2 amide bonds. The van der Waals surface area contributed by atoms with E-state index in [0.29, 0.717) is 17.7 Å². The maximum Gasteiger partial charge on any atom is 0.251 e. The summed E-state index contributed by atoms with van der Waals surface area (Å²) in [6, 6.07) is 5.19. The zero-order valence-electron chi connectivity index (χ0n) is 12.3. The molecule has 3 N–H and O–H groups in total. The average Bonchev–Trinajstić information content (AvgIpc) is 2.46. The third kappa shape index (κ3) is 5.67. The van der Waals surface area contributed by atoms with Gasteiger partial charge in [0.05, 0.1) is 0 Å². The predicted octanol–water partition coefficient (Wildman–Crippen LogP) is 0.595. The standard InChI is InChI=1S/C16H20N2O3/c1-3-17-15(20)8-9-18-16(21)14-7-6-12(2)13(11-14)5-4-10-19/h6-7,11,19H,3,8-10H2,1-2H3,(H,17,20)(H,18,21). The highest BCUT2D eigenvalue weighted by Crippen LogP contribution is 2.10. The first-order chi connectivity index (χ1) is 10.1. The van der Waals surface area contributed by atoms with E-state index in [1.54, 1.807) is 18.2 Å². The van der Waals surface area contributed by atoms with Crippen molar-refractivity contribution in [2.45, 2.75) is 20.3 Å². The fraction of sp³-hybridized carbons (Fsp3) is 0.375. The van der Waals surface area contributed by atoms with Crippen LogP contribution < -0.4 is 10.6 Å². The first kappa shape index (κ1) is 16.7. The van der Waals surface area contributed by atoms with Crippen molar-refractivity contribution in [2.24, 2.45) is 0 Å². The highest BCUT2D eigenvalue weighted by Gasteiger charge is 2.08. The Hall–Kier alpha value is -2.32. The van der Waals surface area contributed by atoms with Gasteiger partial charge in [-0.05, 0) is 31.5 Å². The third-order valence-electron chi connectivity index (χ3n) is 2.81. The molecule has 5 heteroatoms. The van der Waals surface area contributed by atoms with Crippen LogP contribution in [-0.2, 0) is 4.79 Å². The molecule has 1 aromatic rings. The average molecular weight is 288 g/mol. The summed E-state index contributed by atoms with van der Waals surface area (Å²) >= 11 is 0. The molecule has 0 heterocycles. The fourth-order valence-electron chi connectivity index (χ4n) is 1.71. The van der Waals surface area contributed by atoms with Gasteiger partial charge in [-0.3, -0.25) is 9.59 Å². The van der Waals surface area contributed by atoms with E-state index in [1.165, 1.54) is 0 Å². The molecule has 0 aliphatic carbocycles. The van der Waals surface area contributed by atoms with Crippen LogP contribution in [0.2, 0.25) is 0 Å². The number of hydrogen-bond donors (Lipinski definition) is 3. The van der Waals surface area contributed by atoms with E-state index in [1.807, 2.05) is 13.8 Å². The van der Waals surface area contributed by atoms with Crippen molar-refractivity contribution in [1.29, 1.82) is 0 Å². The number of carbonyl (C=O) groups is 2. The Labute approximate surface area is 124 Å². The molecule has 0 aliphatic rings. The summed E-state index contributed by atoms with van der Waals surface area (Å²) in [5, 5.41) is 14.1. The Bertz CT molecular complexity index is 571. The fourth-order valence-corrected chi connectivity index (χ4v) is 1.71. The lowest BCUT2D eigenvalue weighted by Gasteiger charge is -2.07. The minimum Gasteiger partial charge on any atom is -0.384 e. The zero-order chi connectivity index (χ0) is 15.7. The second-order valence-corrected chi connectivity index (χ2v) is 4.45. The number of benzene rings is 1. The molecular formula is C16H20N2O3. The molecule has 0 unspecified atom stereocenters. The summed E-state index contributed by atoms with van der Waals surface area (Å²) in [5.41, 5.74) is 2.13. The van der Waals surface area contributed by atoms with E-state index in [0.717, 1.165) is 5.56 Å². The van der Waals surface area contributed by atoms with E-state index in [2.05, 4.69) is 22.5 Å². The van der Waals surface area contributed by atoms with E-state index in [-0.39, 0.29) is 31.4 Å². The molecule has 0 aromatic heterocycles. The van der Waals surface area contributed by atoms with E-state index < -0.39 is 0 Å². The van der Waals surface area contributed by atoms with Gasteiger partial charge in [0.25, 0.3) is 5.91 Å². The number of aryl methyl sites for hydroxylation is 1. The third-order valence-corrected chi connectivity index (χ3v) is 2.81.